The molecule has 2 atom stereocenters. The molecule has 144 valence electrons. The summed E-state index contributed by atoms with van der Waals surface area (Å²) in [6.45, 7) is 3.59. The van der Waals surface area contributed by atoms with Gasteiger partial charge in [-0.15, -0.1) is 0 Å². The first-order valence-electron chi connectivity index (χ1n) is 8.86. The molecule has 3 amide bonds. The maximum absolute atomic E-state index is 12.8. The van der Waals surface area contributed by atoms with Crippen LogP contribution in [0.25, 0.3) is 0 Å². The standard InChI is InChI=1S/C19H23N3O5/c1-19(2,9-16(24)25)8-15(23)20-11-7-14-17(26)21-13-6-4-3-5-12(13)18(27)22(14)10-11/h3-6,11,14H,7-10H2,1-2H3,(H,20,23)(H,21,26)(H,24,25)/p-1/t11-,14-/m0/s1. The minimum Gasteiger partial charge on any atom is -0.550 e. The number of hydrogen-bond acceptors (Lipinski definition) is 5. The number of carbonyl (C=O) groups excluding carboxylic acids is 4. The monoisotopic (exact) mass is 372 g/mol. The zero-order valence-corrected chi connectivity index (χ0v) is 15.3. The molecule has 1 aromatic rings. The second kappa shape index (κ2) is 7.02. The fraction of sp³-hybridized carbons (Fsp3) is 0.474. The van der Waals surface area contributed by atoms with Crippen molar-refractivity contribution < 1.29 is 24.3 Å². The van der Waals surface area contributed by atoms with E-state index in [0.29, 0.717) is 17.7 Å². The molecule has 1 saturated heterocycles. The van der Waals surface area contributed by atoms with Crippen molar-refractivity contribution >= 4 is 29.4 Å². The number of carbonyl (C=O) groups is 4. The largest absolute Gasteiger partial charge is 0.550 e. The maximum Gasteiger partial charge on any atom is 0.256 e. The van der Waals surface area contributed by atoms with Gasteiger partial charge in [-0.25, -0.2) is 0 Å². The highest BCUT2D eigenvalue weighted by Crippen LogP contribution is 2.29. The van der Waals surface area contributed by atoms with Crippen molar-refractivity contribution in [2.45, 2.75) is 45.2 Å². The molecule has 2 heterocycles. The molecule has 0 bridgehead atoms. The molecule has 8 nitrogen and oxygen atoms in total. The van der Waals surface area contributed by atoms with Crippen molar-refractivity contribution in [3.8, 4) is 0 Å². The van der Waals surface area contributed by atoms with Crippen LogP contribution in [0.4, 0.5) is 5.69 Å². The maximum atomic E-state index is 12.8. The Labute approximate surface area is 156 Å². The van der Waals surface area contributed by atoms with E-state index in [0.717, 1.165) is 0 Å². The van der Waals surface area contributed by atoms with Gasteiger partial charge in [0.15, 0.2) is 0 Å². The number of carboxylic acid groups (broad SMARTS) is 1. The minimum absolute atomic E-state index is 0.0190. The molecule has 0 aromatic heterocycles. The lowest BCUT2D eigenvalue weighted by atomic mass is 9.85. The summed E-state index contributed by atoms with van der Waals surface area (Å²) in [5.41, 5.74) is 0.181. The summed E-state index contributed by atoms with van der Waals surface area (Å²) in [6.07, 6.45) is 0.112. The first-order chi connectivity index (χ1) is 12.7. The highest BCUT2D eigenvalue weighted by atomic mass is 16.4. The number of nitrogens with zero attached hydrogens (tertiary/aromatic N) is 1. The number of anilines is 1. The molecule has 2 N–H and O–H groups in total. The van der Waals surface area contributed by atoms with E-state index < -0.39 is 17.4 Å². The first kappa shape index (κ1) is 18.9. The molecule has 0 saturated carbocycles. The molecular weight excluding hydrogens is 350 g/mol. The first-order valence-corrected chi connectivity index (χ1v) is 8.86. The summed E-state index contributed by atoms with van der Waals surface area (Å²) >= 11 is 0. The number of benzene rings is 1. The average molecular weight is 372 g/mol. The molecule has 1 aromatic carbocycles. The second-order valence-corrected chi connectivity index (χ2v) is 7.90. The Kier molecular flexibility index (Phi) is 4.91. The number of aliphatic carboxylic acids is 1. The van der Waals surface area contributed by atoms with Crippen molar-refractivity contribution in [3.05, 3.63) is 29.8 Å². The van der Waals surface area contributed by atoms with E-state index in [1.165, 1.54) is 4.90 Å². The summed E-state index contributed by atoms with van der Waals surface area (Å²) in [5, 5.41) is 16.4. The molecule has 0 spiro atoms. The summed E-state index contributed by atoms with van der Waals surface area (Å²) in [4.78, 5) is 49.9. The predicted octanol–water partition coefficient (Wildman–Crippen LogP) is -0.106. The summed E-state index contributed by atoms with van der Waals surface area (Å²) in [5.74, 6) is -2.04. The van der Waals surface area contributed by atoms with Gasteiger partial charge in [-0.05, 0) is 30.4 Å². The van der Waals surface area contributed by atoms with Crippen LogP contribution in [-0.4, -0.2) is 47.2 Å². The Hall–Kier alpha value is -2.90. The molecule has 0 unspecified atom stereocenters. The third-order valence-electron chi connectivity index (χ3n) is 4.91. The van der Waals surface area contributed by atoms with Crippen molar-refractivity contribution in [2.75, 3.05) is 11.9 Å². The van der Waals surface area contributed by atoms with Crippen molar-refractivity contribution in [2.24, 2.45) is 5.41 Å². The normalized spacial score (nSPS) is 21.8. The molecule has 0 radical (unpaired) electrons. The van der Waals surface area contributed by atoms with Crippen LogP contribution < -0.4 is 15.7 Å². The van der Waals surface area contributed by atoms with Gasteiger partial charge in [0.25, 0.3) is 5.91 Å². The molecular formula is C19H22N3O5-. The summed E-state index contributed by atoms with van der Waals surface area (Å²) in [6, 6.07) is 5.83. The highest BCUT2D eigenvalue weighted by Gasteiger charge is 2.43. The number of para-hydroxylation sites is 1. The van der Waals surface area contributed by atoms with E-state index in [-0.39, 0.29) is 43.1 Å². The summed E-state index contributed by atoms with van der Waals surface area (Å²) in [7, 11) is 0. The van der Waals surface area contributed by atoms with Gasteiger partial charge in [-0.1, -0.05) is 26.0 Å². The van der Waals surface area contributed by atoms with Crippen LogP contribution in [0.5, 0.6) is 0 Å². The third kappa shape index (κ3) is 4.10. The van der Waals surface area contributed by atoms with Gasteiger partial charge < -0.3 is 25.4 Å². The fourth-order valence-corrected chi connectivity index (χ4v) is 3.73. The Morgan fingerprint density at radius 3 is 2.67 bits per heavy atom. The van der Waals surface area contributed by atoms with Gasteiger partial charge in [0, 0.05) is 25.0 Å². The number of fused-ring (bicyclic) bond motifs is 2. The molecule has 2 aliphatic rings. The number of hydrogen-bond donors (Lipinski definition) is 2. The molecule has 3 rings (SSSR count). The van der Waals surface area contributed by atoms with Crippen molar-refractivity contribution in [3.63, 3.8) is 0 Å². The van der Waals surface area contributed by atoms with Crippen LogP contribution in [0, 0.1) is 5.41 Å². The SMILES string of the molecule is CC(C)(CC(=O)[O-])CC(=O)N[C@H]1C[C@H]2C(=O)Nc3ccccc3C(=O)N2C1. The lowest BCUT2D eigenvalue weighted by molar-refractivity contribution is -0.307. The lowest BCUT2D eigenvalue weighted by Crippen LogP contribution is -2.41. The zero-order chi connectivity index (χ0) is 19.8. The molecule has 1 fully saturated rings. The van der Waals surface area contributed by atoms with E-state index >= 15 is 0 Å². The molecule has 0 aliphatic carbocycles. The number of carboxylic acids is 1. The van der Waals surface area contributed by atoms with Crippen LogP contribution >= 0.6 is 0 Å². The van der Waals surface area contributed by atoms with Crippen LogP contribution in [0.1, 0.15) is 43.5 Å². The van der Waals surface area contributed by atoms with Crippen molar-refractivity contribution in [1.82, 2.24) is 10.2 Å². The van der Waals surface area contributed by atoms with E-state index in [1.54, 1.807) is 38.1 Å². The minimum atomic E-state index is -1.21. The number of amides is 3. The van der Waals surface area contributed by atoms with E-state index in [2.05, 4.69) is 10.6 Å². The van der Waals surface area contributed by atoms with E-state index in [4.69, 9.17) is 0 Å². The van der Waals surface area contributed by atoms with Gasteiger partial charge in [0.2, 0.25) is 11.8 Å². The zero-order valence-electron chi connectivity index (χ0n) is 15.3. The molecule has 2 aliphatic heterocycles. The average Bonchev–Trinajstić information content (AvgIpc) is 2.92. The fourth-order valence-electron chi connectivity index (χ4n) is 3.73. The number of nitrogens with one attached hydrogen (secondary N) is 2. The lowest BCUT2D eigenvalue weighted by Gasteiger charge is -2.25. The van der Waals surface area contributed by atoms with Crippen LogP contribution in [0.15, 0.2) is 24.3 Å². The van der Waals surface area contributed by atoms with E-state index in [1.807, 2.05) is 0 Å². The Balaban J connectivity index is 1.68. The smallest absolute Gasteiger partial charge is 0.256 e. The third-order valence-corrected chi connectivity index (χ3v) is 4.91. The Bertz CT molecular complexity index is 804. The van der Waals surface area contributed by atoms with E-state index in [9.17, 15) is 24.3 Å². The Morgan fingerprint density at radius 2 is 1.96 bits per heavy atom. The number of rotatable bonds is 5. The van der Waals surface area contributed by atoms with Gasteiger partial charge >= 0.3 is 0 Å². The Morgan fingerprint density at radius 1 is 1.26 bits per heavy atom. The highest BCUT2D eigenvalue weighted by molar-refractivity contribution is 6.10. The van der Waals surface area contributed by atoms with Gasteiger partial charge in [-0.3, -0.25) is 14.4 Å². The molecule has 8 heteroatoms. The van der Waals surface area contributed by atoms with Crippen LogP contribution in [-0.2, 0) is 14.4 Å². The summed E-state index contributed by atoms with van der Waals surface area (Å²) < 4.78 is 0. The van der Waals surface area contributed by atoms with Gasteiger partial charge in [0.05, 0.1) is 11.3 Å². The van der Waals surface area contributed by atoms with Crippen molar-refractivity contribution in [1.29, 1.82) is 0 Å². The second-order valence-electron chi connectivity index (χ2n) is 7.90. The quantitative estimate of drug-likeness (QED) is 0.748. The topological polar surface area (TPSA) is 119 Å². The predicted molar refractivity (Wildman–Crippen MR) is 94.5 cm³/mol. The van der Waals surface area contributed by atoms with Crippen LogP contribution in [0.3, 0.4) is 0 Å². The van der Waals surface area contributed by atoms with Gasteiger partial charge in [-0.2, -0.15) is 0 Å². The van der Waals surface area contributed by atoms with Crippen LogP contribution in [0.2, 0.25) is 0 Å². The van der Waals surface area contributed by atoms with Gasteiger partial charge in [0.1, 0.15) is 6.04 Å². The molecule has 27 heavy (non-hydrogen) atoms.